The van der Waals surface area contributed by atoms with E-state index in [0.29, 0.717) is 18.0 Å². The lowest BCUT2D eigenvalue weighted by Gasteiger charge is -2.48. The Morgan fingerprint density at radius 1 is 1.33 bits per heavy atom. The minimum absolute atomic E-state index is 0.238. The molecule has 1 aromatic carbocycles. The Kier molecular flexibility index (Phi) is 5.27. The molecule has 0 aromatic heterocycles. The highest BCUT2D eigenvalue weighted by molar-refractivity contribution is 9.10. The van der Waals surface area contributed by atoms with E-state index in [1.54, 1.807) is 0 Å². The number of rotatable bonds is 2. The van der Waals surface area contributed by atoms with E-state index in [1.165, 1.54) is 0 Å². The van der Waals surface area contributed by atoms with Crippen molar-refractivity contribution >= 4 is 33.2 Å². The molecule has 0 radical (unpaired) electrons. The van der Waals surface area contributed by atoms with Gasteiger partial charge in [-0.3, -0.25) is 0 Å². The number of halogens is 2. The van der Waals surface area contributed by atoms with E-state index in [4.69, 9.17) is 11.6 Å². The van der Waals surface area contributed by atoms with Gasteiger partial charge in [-0.25, -0.2) is 0 Å². The molecular weight excluding hydrogens is 348 g/mol. The van der Waals surface area contributed by atoms with Gasteiger partial charge in [0.15, 0.2) is 0 Å². The molecular formula is C17H26BrClN2. The molecule has 2 nitrogen and oxygen atoms in total. The molecule has 1 fully saturated rings. The number of nitrogens with one attached hydrogen (secondary N) is 1. The zero-order chi connectivity index (χ0) is 15.8. The lowest BCUT2D eigenvalue weighted by Crippen LogP contribution is -2.62. The van der Waals surface area contributed by atoms with Crippen molar-refractivity contribution in [3.8, 4) is 0 Å². The van der Waals surface area contributed by atoms with Gasteiger partial charge >= 0.3 is 0 Å². The average Bonchev–Trinajstić information content (AvgIpc) is 2.37. The first kappa shape index (κ1) is 17.1. The summed E-state index contributed by atoms with van der Waals surface area (Å²) < 4.78 is 1.03. The number of nitrogens with zero attached hydrogens (tertiary/aromatic N) is 1. The third-order valence-electron chi connectivity index (χ3n) is 4.39. The van der Waals surface area contributed by atoms with Crippen molar-refractivity contribution in [2.24, 2.45) is 11.3 Å². The van der Waals surface area contributed by atoms with E-state index < -0.39 is 0 Å². The smallest absolute Gasteiger partial charge is 0.0650 e. The molecule has 2 rings (SSSR count). The van der Waals surface area contributed by atoms with Crippen LogP contribution in [0.4, 0.5) is 5.69 Å². The van der Waals surface area contributed by atoms with Crippen LogP contribution in [0.3, 0.4) is 0 Å². The van der Waals surface area contributed by atoms with E-state index in [9.17, 15) is 0 Å². The standard InChI is InChI=1S/C17H26BrClN2/c1-11(2)15-9-20-16(17(3,4)5)10-21(15)14-7-6-12(18)8-13(14)19/h6-8,11,15-16,20H,9-10H2,1-5H3. The zero-order valence-corrected chi connectivity index (χ0v) is 15.9. The molecule has 0 aliphatic carbocycles. The number of piperazine rings is 1. The largest absolute Gasteiger partial charge is 0.364 e. The Morgan fingerprint density at radius 2 is 2.00 bits per heavy atom. The fraction of sp³-hybridized carbons (Fsp3) is 0.647. The molecule has 1 aliphatic rings. The monoisotopic (exact) mass is 372 g/mol. The summed E-state index contributed by atoms with van der Waals surface area (Å²) in [4.78, 5) is 2.49. The molecule has 1 aromatic rings. The predicted octanol–water partition coefficient (Wildman–Crippen LogP) is 4.95. The van der Waals surface area contributed by atoms with Gasteiger partial charge in [0.1, 0.15) is 0 Å². The molecule has 1 N–H and O–H groups in total. The molecule has 4 heteroatoms. The van der Waals surface area contributed by atoms with E-state index in [-0.39, 0.29) is 5.41 Å². The van der Waals surface area contributed by atoms with Gasteiger partial charge in [-0.15, -0.1) is 0 Å². The minimum atomic E-state index is 0.238. The van der Waals surface area contributed by atoms with Crippen LogP contribution in [0.5, 0.6) is 0 Å². The Labute approximate surface area is 142 Å². The van der Waals surface area contributed by atoms with Gasteiger partial charge in [0.2, 0.25) is 0 Å². The van der Waals surface area contributed by atoms with Crippen LogP contribution in [0.25, 0.3) is 0 Å². The van der Waals surface area contributed by atoms with Gasteiger partial charge in [-0.2, -0.15) is 0 Å². The maximum Gasteiger partial charge on any atom is 0.0650 e. The summed E-state index contributed by atoms with van der Waals surface area (Å²) in [6.45, 7) is 13.4. The van der Waals surface area contributed by atoms with Crippen molar-refractivity contribution in [2.45, 2.75) is 46.7 Å². The zero-order valence-electron chi connectivity index (χ0n) is 13.6. The quantitative estimate of drug-likeness (QED) is 0.789. The van der Waals surface area contributed by atoms with Crippen molar-refractivity contribution in [3.05, 3.63) is 27.7 Å². The van der Waals surface area contributed by atoms with Crippen LogP contribution in [0, 0.1) is 11.3 Å². The maximum absolute atomic E-state index is 6.50. The molecule has 21 heavy (non-hydrogen) atoms. The third kappa shape index (κ3) is 3.94. The van der Waals surface area contributed by atoms with Gasteiger partial charge in [-0.05, 0) is 29.5 Å². The molecule has 118 valence electrons. The molecule has 0 spiro atoms. The number of hydrogen-bond donors (Lipinski definition) is 1. The summed E-state index contributed by atoms with van der Waals surface area (Å²) >= 11 is 10.00. The minimum Gasteiger partial charge on any atom is -0.364 e. The summed E-state index contributed by atoms with van der Waals surface area (Å²) in [6, 6.07) is 7.14. The fourth-order valence-corrected chi connectivity index (χ4v) is 3.72. The van der Waals surface area contributed by atoms with Crippen LogP contribution < -0.4 is 10.2 Å². The lowest BCUT2D eigenvalue weighted by molar-refractivity contribution is 0.221. The Bertz CT molecular complexity index is 496. The van der Waals surface area contributed by atoms with Gasteiger partial charge in [0, 0.05) is 29.6 Å². The van der Waals surface area contributed by atoms with Crippen molar-refractivity contribution in [1.29, 1.82) is 0 Å². The molecule has 0 amide bonds. The Hall–Kier alpha value is -0.250. The van der Waals surface area contributed by atoms with Crippen LogP contribution in [0.15, 0.2) is 22.7 Å². The van der Waals surface area contributed by atoms with Gasteiger partial charge < -0.3 is 10.2 Å². The summed E-state index contributed by atoms with van der Waals surface area (Å²) in [5.74, 6) is 0.582. The molecule has 0 bridgehead atoms. The van der Waals surface area contributed by atoms with Gasteiger partial charge in [-0.1, -0.05) is 62.1 Å². The first-order chi connectivity index (χ1) is 9.70. The molecule has 1 heterocycles. The average molecular weight is 374 g/mol. The van der Waals surface area contributed by atoms with Crippen molar-refractivity contribution in [1.82, 2.24) is 5.32 Å². The number of benzene rings is 1. The van der Waals surface area contributed by atoms with E-state index in [1.807, 2.05) is 6.07 Å². The molecule has 2 atom stereocenters. The Balaban J connectivity index is 2.34. The lowest BCUT2D eigenvalue weighted by atomic mass is 9.83. The number of hydrogen-bond acceptors (Lipinski definition) is 2. The van der Waals surface area contributed by atoms with Crippen LogP contribution in [0.1, 0.15) is 34.6 Å². The van der Waals surface area contributed by atoms with Gasteiger partial charge in [0.05, 0.1) is 10.7 Å². The second kappa shape index (κ2) is 6.47. The van der Waals surface area contributed by atoms with Crippen molar-refractivity contribution < 1.29 is 0 Å². The van der Waals surface area contributed by atoms with E-state index in [0.717, 1.165) is 28.3 Å². The maximum atomic E-state index is 6.50. The van der Waals surface area contributed by atoms with Crippen LogP contribution in [-0.2, 0) is 0 Å². The molecule has 2 unspecified atom stereocenters. The molecule has 0 saturated carbocycles. The van der Waals surface area contributed by atoms with Crippen LogP contribution in [-0.4, -0.2) is 25.2 Å². The SMILES string of the molecule is CC(C)C1CNC(C(C)(C)C)CN1c1ccc(Br)cc1Cl. The summed E-state index contributed by atoms with van der Waals surface area (Å²) in [6.07, 6.45) is 0. The summed E-state index contributed by atoms with van der Waals surface area (Å²) in [5, 5.41) is 4.55. The first-order valence-corrected chi connectivity index (χ1v) is 8.82. The molecule has 1 saturated heterocycles. The fourth-order valence-electron chi connectivity index (χ4n) is 2.94. The van der Waals surface area contributed by atoms with Crippen LogP contribution in [0.2, 0.25) is 5.02 Å². The first-order valence-electron chi connectivity index (χ1n) is 7.65. The normalized spacial score (nSPS) is 23.7. The van der Waals surface area contributed by atoms with E-state index in [2.05, 4.69) is 72.9 Å². The molecule has 1 aliphatic heterocycles. The Morgan fingerprint density at radius 3 is 2.52 bits per heavy atom. The predicted molar refractivity (Wildman–Crippen MR) is 96.4 cm³/mol. The van der Waals surface area contributed by atoms with E-state index >= 15 is 0 Å². The summed E-state index contributed by atoms with van der Waals surface area (Å²) in [5.41, 5.74) is 1.39. The van der Waals surface area contributed by atoms with Crippen molar-refractivity contribution in [3.63, 3.8) is 0 Å². The summed E-state index contributed by atoms with van der Waals surface area (Å²) in [7, 11) is 0. The van der Waals surface area contributed by atoms with Gasteiger partial charge in [0.25, 0.3) is 0 Å². The third-order valence-corrected chi connectivity index (χ3v) is 5.18. The second-order valence-corrected chi connectivity index (χ2v) is 8.71. The second-order valence-electron chi connectivity index (χ2n) is 7.39. The topological polar surface area (TPSA) is 15.3 Å². The van der Waals surface area contributed by atoms with Crippen molar-refractivity contribution in [2.75, 3.05) is 18.0 Å². The highest BCUT2D eigenvalue weighted by atomic mass is 79.9. The highest BCUT2D eigenvalue weighted by Gasteiger charge is 2.35. The number of anilines is 1. The van der Waals surface area contributed by atoms with Crippen LogP contribution >= 0.6 is 27.5 Å². The highest BCUT2D eigenvalue weighted by Crippen LogP contribution is 2.35.